The Morgan fingerprint density at radius 3 is 2.42 bits per heavy atom. The second kappa shape index (κ2) is 9.58. The second-order valence-electron chi connectivity index (χ2n) is 7.91. The van der Waals surface area contributed by atoms with Crippen molar-refractivity contribution in [3.8, 4) is 0 Å². The Hall–Kier alpha value is -2.11. The normalized spacial score (nSPS) is 19.3. The van der Waals surface area contributed by atoms with Crippen molar-refractivity contribution in [3.05, 3.63) is 23.8 Å². The van der Waals surface area contributed by atoms with Crippen LogP contribution < -0.4 is 9.62 Å². The number of sulfonamides is 1. The number of halogens is 2. The fourth-order valence-corrected chi connectivity index (χ4v) is 5.51. The maximum atomic E-state index is 13.0. The summed E-state index contributed by atoms with van der Waals surface area (Å²) in [4.78, 5) is 29.5. The Balaban J connectivity index is 1.68. The molecule has 0 spiro atoms. The van der Waals surface area contributed by atoms with Crippen LogP contribution in [0.4, 0.5) is 14.5 Å². The van der Waals surface area contributed by atoms with Gasteiger partial charge < -0.3 is 9.80 Å². The first-order valence-electron chi connectivity index (χ1n) is 10.3. The molecule has 0 aromatic heterocycles. The van der Waals surface area contributed by atoms with Gasteiger partial charge in [-0.2, -0.15) is 4.72 Å². The zero-order valence-electron chi connectivity index (χ0n) is 17.7. The summed E-state index contributed by atoms with van der Waals surface area (Å²) in [6, 6.07) is 3.73. The molecule has 1 atom stereocenters. The molecule has 1 N–H and O–H groups in total. The van der Waals surface area contributed by atoms with Crippen molar-refractivity contribution in [1.29, 1.82) is 0 Å². The number of hydrogen-bond acceptors (Lipinski definition) is 5. The minimum absolute atomic E-state index is 0.0195. The third-order valence-electron chi connectivity index (χ3n) is 5.69. The molecule has 8 nitrogen and oxygen atoms in total. The number of alkyl halides is 2. The van der Waals surface area contributed by atoms with Crippen molar-refractivity contribution >= 4 is 27.5 Å². The highest BCUT2D eigenvalue weighted by Crippen LogP contribution is 2.29. The molecule has 0 saturated carbocycles. The van der Waals surface area contributed by atoms with E-state index >= 15 is 0 Å². The Labute approximate surface area is 181 Å². The number of nitrogens with zero attached hydrogens (tertiary/aromatic N) is 3. The van der Waals surface area contributed by atoms with Crippen LogP contribution in [0.2, 0.25) is 0 Å². The first-order valence-corrected chi connectivity index (χ1v) is 11.8. The summed E-state index contributed by atoms with van der Waals surface area (Å²) >= 11 is 0. The predicted octanol–water partition coefficient (Wildman–Crippen LogP) is 1.20. The Kier molecular flexibility index (Phi) is 7.28. The minimum atomic E-state index is -4.02. The average Bonchev–Trinajstić information content (AvgIpc) is 3.13. The Morgan fingerprint density at radius 2 is 1.84 bits per heavy atom. The summed E-state index contributed by atoms with van der Waals surface area (Å²) in [5, 5.41) is 0. The van der Waals surface area contributed by atoms with Gasteiger partial charge in [0.1, 0.15) is 0 Å². The lowest BCUT2D eigenvalue weighted by Crippen LogP contribution is -2.54. The lowest BCUT2D eigenvalue weighted by atomic mass is 10.2. The lowest BCUT2D eigenvalue weighted by Gasteiger charge is -2.35. The molecule has 1 aromatic rings. The number of benzene rings is 1. The molecule has 1 aromatic carbocycles. The summed E-state index contributed by atoms with van der Waals surface area (Å²) in [6.45, 7) is 4.49. The van der Waals surface area contributed by atoms with Crippen LogP contribution in [0.3, 0.4) is 0 Å². The number of nitrogens with one attached hydrogen (secondary N) is 1. The van der Waals surface area contributed by atoms with Crippen molar-refractivity contribution in [1.82, 2.24) is 14.5 Å². The van der Waals surface area contributed by atoms with Gasteiger partial charge in [0.2, 0.25) is 21.8 Å². The van der Waals surface area contributed by atoms with Gasteiger partial charge >= 0.3 is 0 Å². The van der Waals surface area contributed by atoms with Crippen LogP contribution in [0.25, 0.3) is 0 Å². The SMILES string of the molecule is Cc1c(N2CCCC2=O)cccc1S(=O)(=O)N[C@@H](C)C(=O)N1CCN(CC(F)F)CC1. The van der Waals surface area contributed by atoms with E-state index in [4.69, 9.17) is 0 Å². The van der Waals surface area contributed by atoms with E-state index < -0.39 is 28.4 Å². The highest BCUT2D eigenvalue weighted by atomic mass is 32.2. The van der Waals surface area contributed by atoms with Gasteiger partial charge in [-0.05, 0) is 38.0 Å². The molecule has 2 aliphatic heterocycles. The van der Waals surface area contributed by atoms with E-state index in [0.717, 1.165) is 6.42 Å². The van der Waals surface area contributed by atoms with Gasteiger partial charge in [0.25, 0.3) is 6.43 Å². The highest BCUT2D eigenvalue weighted by Gasteiger charge is 2.31. The molecular weight excluding hydrogens is 430 g/mol. The van der Waals surface area contributed by atoms with Crippen LogP contribution in [-0.4, -0.2) is 81.8 Å². The van der Waals surface area contributed by atoms with E-state index in [1.807, 2.05) is 0 Å². The van der Waals surface area contributed by atoms with Gasteiger partial charge in [0, 0.05) is 44.8 Å². The van der Waals surface area contributed by atoms with Gasteiger partial charge in [-0.25, -0.2) is 17.2 Å². The molecule has 0 unspecified atom stereocenters. The molecule has 2 heterocycles. The van der Waals surface area contributed by atoms with E-state index in [1.165, 1.54) is 17.9 Å². The number of hydrogen-bond donors (Lipinski definition) is 1. The molecule has 0 aliphatic carbocycles. The predicted molar refractivity (Wildman–Crippen MR) is 112 cm³/mol. The smallest absolute Gasteiger partial charge is 0.251 e. The van der Waals surface area contributed by atoms with Gasteiger partial charge in [-0.3, -0.25) is 14.5 Å². The molecule has 2 fully saturated rings. The molecule has 2 saturated heterocycles. The van der Waals surface area contributed by atoms with Crippen molar-refractivity contribution in [2.75, 3.05) is 44.2 Å². The number of carbonyl (C=O) groups excluding carboxylic acids is 2. The zero-order chi connectivity index (χ0) is 22.8. The van der Waals surface area contributed by atoms with Crippen LogP contribution in [0.5, 0.6) is 0 Å². The van der Waals surface area contributed by atoms with Gasteiger partial charge in [-0.1, -0.05) is 6.07 Å². The Bertz CT molecular complexity index is 933. The summed E-state index contributed by atoms with van der Waals surface area (Å²) < 4.78 is 53.4. The lowest BCUT2D eigenvalue weighted by molar-refractivity contribution is -0.134. The van der Waals surface area contributed by atoms with Crippen LogP contribution in [-0.2, 0) is 19.6 Å². The number of carbonyl (C=O) groups is 2. The fraction of sp³-hybridized carbons (Fsp3) is 0.600. The van der Waals surface area contributed by atoms with E-state index in [0.29, 0.717) is 37.3 Å². The first-order chi connectivity index (χ1) is 14.6. The van der Waals surface area contributed by atoms with Gasteiger partial charge in [0.15, 0.2) is 0 Å². The fourth-order valence-electron chi connectivity index (χ4n) is 4.06. The quantitative estimate of drug-likeness (QED) is 0.663. The highest BCUT2D eigenvalue weighted by molar-refractivity contribution is 7.89. The van der Waals surface area contributed by atoms with E-state index in [1.54, 1.807) is 28.9 Å². The van der Waals surface area contributed by atoms with Crippen LogP contribution >= 0.6 is 0 Å². The molecule has 2 amide bonds. The van der Waals surface area contributed by atoms with Crippen LogP contribution in [0.15, 0.2) is 23.1 Å². The zero-order valence-corrected chi connectivity index (χ0v) is 18.5. The molecule has 2 aliphatic rings. The van der Waals surface area contributed by atoms with E-state index in [-0.39, 0.29) is 30.4 Å². The number of rotatable bonds is 7. The molecule has 3 rings (SSSR count). The van der Waals surface area contributed by atoms with Crippen molar-refractivity contribution in [3.63, 3.8) is 0 Å². The van der Waals surface area contributed by atoms with Gasteiger partial charge in [0.05, 0.1) is 17.5 Å². The molecular formula is C20H28F2N4O4S. The van der Waals surface area contributed by atoms with Crippen molar-refractivity contribution in [2.24, 2.45) is 0 Å². The molecule has 0 bridgehead atoms. The number of anilines is 1. The van der Waals surface area contributed by atoms with Gasteiger partial charge in [-0.15, -0.1) is 0 Å². The van der Waals surface area contributed by atoms with E-state index in [2.05, 4.69) is 4.72 Å². The van der Waals surface area contributed by atoms with Crippen LogP contribution in [0.1, 0.15) is 25.3 Å². The second-order valence-corrected chi connectivity index (χ2v) is 9.59. The third-order valence-corrected chi connectivity index (χ3v) is 7.38. The first kappa shape index (κ1) is 23.6. The van der Waals surface area contributed by atoms with Crippen molar-refractivity contribution in [2.45, 2.75) is 44.1 Å². The topological polar surface area (TPSA) is 90.0 Å². The maximum absolute atomic E-state index is 13.0. The molecule has 172 valence electrons. The minimum Gasteiger partial charge on any atom is -0.339 e. The maximum Gasteiger partial charge on any atom is 0.251 e. The summed E-state index contributed by atoms with van der Waals surface area (Å²) in [7, 11) is -4.02. The van der Waals surface area contributed by atoms with E-state index in [9.17, 15) is 26.8 Å². The third kappa shape index (κ3) is 5.39. The Morgan fingerprint density at radius 1 is 1.16 bits per heavy atom. The number of piperazine rings is 1. The molecule has 11 heteroatoms. The molecule has 31 heavy (non-hydrogen) atoms. The summed E-state index contributed by atoms with van der Waals surface area (Å²) in [6.07, 6.45) is -1.27. The molecule has 0 radical (unpaired) electrons. The summed E-state index contributed by atoms with van der Waals surface area (Å²) in [5.41, 5.74) is 1.00. The standard InChI is InChI=1S/C20H28F2N4O4S/c1-14-16(26-8-4-7-19(26)27)5-3-6-17(14)31(29,30)23-15(2)20(28)25-11-9-24(10-12-25)13-18(21)22/h3,5-6,15,18,23H,4,7-13H2,1-2H3/t15-/m0/s1. The number of amides is 2. The summed E-state index contributed by atoms with van der Waals surface area (Å²) in [5.74, 6) is -0.441. The van der Waals surface area contributed by atoms with Crippen LogP contribution in [0, 0.1) is 6.92 Å². The monoisotopic (exact) mass is 458 g/mol. The largest absolute Gasteiger partial charge is 0.339 e. The average molecular weight is 459 g/mol. The van der Waals surface area contributed by atoms with Crippen molar-refractivity contribution < 1.29 is 26.8 Å².